The highest BCUT2D eigenvalue weighted by atomic mass is 32.2. The molecule has 3 aromatic heterocycles. The molecule has 46 heavy (non-hydrogen) atoms. The minimum absolute atomic E-state index is 0.129. The number of rotatable bonds is 7. The lowest BCUT2D eigenvalue weighted by Gasteiger charge is -2.16. The van der Waals surface area contributed by atoms with Crippen LogP contribution in [0.25, 0.3) is 33.2 Å². The third kappa shape index (κ3) is 7.51. The summed E-state index contributed by atoms with van der Waals surface area (Å²) in [5.74, 6) is -0.715. The Morgan fingerprint density at radius 3 is 1.91 bits per heavy atom. The molecule has 0 spiro atoms. The molecule has 13 nitrogen and oxygen atoms in total. The number of fused-ring (bicyclic) bond motifs is 1. The standard InChI is InChI=1S/C17H18N4O4S.C15H17N3O2/c1-10(2)12-7-15-14(6-13(12)11-4-5-18-19-8-11)16(22)21(17(23)20-15)9-26(3,24)25;1-9(2)11-7-14(16)13(15(19)20-3)6-12(11)10-4-5-17-18-8-10/h4-8,10H,9H2,1-3H3,(H,20,23);4-9H,16H2,1-3H3. The Morgan fingerprint density at radius 1 is 0.891 bits per heavy atom. The maximum absolute atomic E-state index is 12.7. The molecule has 0 saturated carbocycles. The molecule has 5 aromatic rings. The van der Waals surface area contributed by atoms with Gasteiger partial charge in [-0.05, 0) is 70.5 Å². The Labute approximate surface area is 265 Å². The summed E-state index contributed by atoms with van der Waals surface area (Å²) >= 11 is 0. The third-order valence-electron chi connectivity index (χ3n) is 7.18. The van der Waals surface area contributed by atoms with Crippen LogP contribution in [0.15, 0.2) is 70.8 Å². The zero-order valence-electron chi connectivity index (χ0n) is 26.3. The van der Waals surface area contributed by atoms with Crippen molar-refractivity contribution in [2.24, 2.45) is 0 Å². The van der Waals surface area contributed by atoms with Crippen molar-refractivity contribution in [3.05, 3.63) is 98.7 Å². The van der Waals surface area contributed by atoms with E-state index in [1.54, 1.807) is 49.1 Å². The van der Waals surface area contributed by atoms with Crippen LogP contribution in [0, 0.1) is 0 Å². The molecule has 3 heterocycles. The summed E-state index contributed by atoms with van der Waals surface area (Å²) in [7, 11) is -2.21. The molecule has 0 aliphatic heterocycles. The van der Waals surface area contributed by atoms with Crippen molar-refractivity contribution in [3.63, 3.8) is 0 Å². The van der Waals surface area contributed by atoms with Crippen molar-refractivity contribution in [2.75, 3.05) is 19.1 Å². The Morgan fingerprint density at radius 2 is 1.43 bits per heavy atom. The van der Waals surface area contributed by atoms with E-state index in [0.717, 1.165) is 39.6 Å². The van der Waals surface area contributed by atoms with Gasteiger partial charge in [0.25, 0.3) is 5.56 Å². The average molecular weight is 646 g/mol. The number of nitrogen functional groups attached to an aromatic ring is 1. The first kappa shape index (κ1) is 33.6. The van der Waals surface area contributed by atoms with Crippen molar-refractivity contribution in [2.45, 2.75) is 45.4 Å². The number of carbonyl (C=O) groups is 1. The van der Waals surface area contributed by atoms with E-state index < -0.39 is 32.9 Å². The second kappa shape index (κ2) is 13.8. The zero-order chi connectivity index (χ0) is 33.8. The van der Waals surface area contributed by atoms with Crippen molar-refractivity contribution in [3.8, 4) is 22.3 Å². The molecule has 14 heteroatoms. The summed E-state index contributed by atoms with van der Waals surface area (Å²) < 4.78 is 28.5. The smallest absolute Gasteiger partial charge is 0.339 e. The summed E-state index contributed by atoms with van der Waals surface area (Å²) in [5.41, 5.74) is 11.1. The summed E-state index contributed by atoms with van der Waals surface area (Å²) in [6.07, 6.45) is 7.40. The van der Waals surface area contributed by atoms with Gasteiger partial charge in [0.1, 0.15) is 5.88 Å². The fraction of sp³-hybridized carbons (Fsp3) is 0.281. The first-order chi connectivity index (χ1) is 21.7. The van der Waals surface area contributed by atoms with Gasteiger partial charge in [-0.1, -0.05) is 27.7 Å². The number of hydrogen-bond donors (Lipinski definition) is 2. The van der Waals surface area contributed by atoms with Gasteiger partial charge in [0.2, 0.25) is 0 Å². The summed E-state index contributed by atoms with van der Waals surface area (Å²) in [5, 5.41) is 15.5. The predicted molar refractivity (Wildman–Crippen MR) is 176 cm³/mol. The van der Waals surface area contributed by atoms with Crippen molar-refractivity contribution in [1.29, 1.82) is 0 Å². The van der Waals surface area contributed by atoms with E-state index in [4.69, 9.17) is 10.5 Å². The number of nitrogens with zero attached hydrogens (tertiary/aromatic N) is 5. The monoisotopic (exact) mass is 645 g/mol. The van der Waals surface area contributed by atoms with E-state index in [0.29, 0.717) is 21.3 Å². The second-order valence-corrected chi connectivity index (χ2v) is 13.4. The lowest BCUT2D eigenvalue weighted by atomic mass is 9.91. The van der Waals surface area contributed by atoms with Gasteiger partial charge in [0.15, 0.2) is 9.84 Å². The van der Waals surface area contributed by atoms with E-state index in [9.17, 15) is 22.8 Å². The van der Waals surface area contributed by atoms with E-state index in [1.807, 2.05) is 26.0 Å². The van der Waals surface area contributed by atoms with Gasteiger partial charge < -0.3 is 15.5 Å². The molecule has 3 N–H and O–H groups in total. The van der Waals surface area contributed by atoms with Crippen LogP contribution in [0.5, 0.6) is 0 Å². The van der Waals surface area contributed by atoms with Gasteiger partial charge in [-0.2, -0.15) is 20.4 Å². The van der Waals surface area contributed by atoms with Crippen LogP contribution >= 0.6 is 0 Å². The lowest BCUT2D eigenvalue weighted by Crippen LogP contribution is -2.37. The molecule has 0 radical (unpaired) electrons. The molecule has 0 unspecified atom stereocenters. The molecular formula is C32H35N7O6S. The SMILES string of the molecule is CC(C)c1cc2[nH]c(=O)n(CS(C)(=O)=O)c(=O)c2cc1-c1ccnnc1.COC(=O)c1cc(-c2ccnnc2)c(C(C)C)cc1N. The van der Waals surface area contributed by atoms with Gasteiger partial charge in [-0.15, -0.1) is 0 Å². The maximum atomic E-state index is 12.7. The first-order valence-corrected chi connectivity index (χ1v) is 16.3. The summed E-state index contributed by atoms with van der Waals surface area (Å²) in [6.45, 7) is 8.15. The van der Waals surface area contributed by atoms with Crippen LogP contribution < -0.4 is 17.0 Å². The van der Waals surface area contributed by atoms with E-state index in [2.05, 4.69) is 39.2 Å². The molecule has 240 valence electrons. The molecule has 0 bridgehead atoms. The average Bonchev–Trinajstić information content (AvgIpc) is 3.02. The lowest BCUT2D eigenvalue weighted by molar-refractivity contribution is 0.0602. The zero-order valence-corrected chi connectivity index (χ0v) is 27.1. The highest BCUT2D eigenvalue weighted by Crippen LogP contribution is 2.33. The van der Waals surface area contributed by atoms with E-state index in [-0.39, 0.29) is 17.2 Å². The van der Waals surface area contributed by atoms with Crippen LogP contribution in [0.4, 0.5) is 5.69 Å². The number of anilines is 1. The topological polar surface area (TPSA) is 193 Å². The molecule has 0 aliphatic rings. The number of benzene rings is 2. The highest BCUT2D eigenvalue weighted by molar-refractivity contribution is 7.89. The number of nitrogens with two attached hydrogens (primary N) is 1. The second-order valence-electron chi connectivity index (χ2n) is 11.3. The number of hydrogen-bond acceptors (Lipinski definition) is 11. The molecule has 5 rings (SSSR count). The van der Waals surface area contributed by atoms with E-state index in [1.165, 1.54) is 7.11 Å². The number of esters is 1. The number of H-pyrrole nitrogens is 1. The fourth-order valence-corrected chi connectivity index (χ4v) is 5.65. The molecule has 0 atom stereocenters. The van der Waals surface area contributed by atoms with Gasteiger partial charge >= 0.3 is 11.7 Å². The number of ether oxygens (including phenoxy) is 1. The first-order valence-electron chi connectivity index (χ1n) is 14.3. The fourth-order valence-electron chi connectivity index (χ4n) is 4.94. The number of aromatic nitrogens is 6. The number of sulfone groups is 1. The van der Waals surface area contributed by atoms with Crippen molar-refractivity contribution < 1.29 is 17.9 Å². The molecule has 0 saturated heterocycles. The minimum atomic E-state index is -3.55. The number of carbonyl (C=O) groups excluding carboxylic acids is 1. The summed E-state index contributed by atoms with van der Waals surface area (Å²) in [6, 6.07) is 10.6. The quantitative estimate of drug-likeness (QED) is 0.193. The number of aromatic amines is 1. The minimum Gasteiger partial charge on any atom is -0.465 e. The Hall–Kier alpha value is -5.24. The largest absolute Gasteiger partial charge is 0.465 e. The Bertz CT molecular complexity index is 2110. The van der Waals surface area contributed by atoms with Crippen LogP contribution in [0.3, 0.4) is 0 Å². The van der Waals surface area contributed by atoms with Crippen LogP contribution in [0.1, 0.15) is 61.0 Å². The third-order valence-corrected chi connectivity index (χ3v) is 7.90. The maximum Gasteiger partial charge on any atom is 0.339 e. The number of methoxy groups -OCH3 is 1. The van der Waals surface area contributed by atoms with E-state index >= 15 is 0 Å². The summed E-state index contributed by atoms with van der Waals surface area (Å²) in [4.78, 5) is 39.3. The Balaban J connectivity index is 0.000000216. The number of nitrogens with one attached hydrogen (secondary N) is 1. The molecule has 0 fully saturated rings. The van der Waals surface area contributed by atoms with Crippen LogP contribution in [-0.2, 0) is 20.5 Å². The molecule has 2 aromatic carbocycles. The molecule has 0 amide bonds. The van der Waals surface area contributed by atoms with Gasteiger partial charge in [-0.25, -0.2) is 22.6 Å². The predicted octanol–water partition coefficient (Wildman–Crippen LogP) is 3.91. The van der Waals surface area contributed by atoms with Gasteiger partial charge in [0.05, 0.1) is 48.4 Å². The van der Waals surface area contributed by atoms with Gasteiger partial charge in [0, 0.05) is 23.1 Å². The van der Waals surface area contributed by atoms with Crippen LogP contribution in [0.2, 0.25) is 0 Å². The van der Waals surface area contributed by atoms with Crippen molar-refractivity contribution in [1.82, 2.24) is 29.9 Å². The normalized spacial score (nSPS) is 11.4. The van der Waals surface area contributed by atoms with Crippen LogP contribution in [-0.4, -0.2) is 57.7 Å². The molecule has 0 aliphatic carbocycles. The molecular weight excluding hydrogens is 610 g/mol. The van der Waals surface area contributed by atoms with Gasteiger partial charge in [-0.3, -0.25) is 4.79 Å². The highest BCUT2D eigenvalue weighted by Gasteiger charge is 2.18. The Kier molecular flexibility index (Phi) is 10.1. The van der Waals surface area contributed by atoms with Crippen molar-refractivity contribution >= 4 is 32.4 Å².